The summed E-state index contributed by atoms with van der Waals surface area (Å²) in [5.41, 5.74) is 3.47. The van der Waals surface area contributed by atoms with Gasteiger partial charge in [-0.25, -0.2) is 19.6 Å². The zero-order valence-electron chi connectivity index (χ0n) is 27.5. The van der Waals surface area contributed by atoms with Crippen LogP contribution >= 0.6 is 22.7 Å². The minimum Gasteiger partial charge on any atom is -0.486 e. The highest BCUT2D eigenvalue weighted by atomic mass is 32.1. The molecule has 2 fully saturated rings. The van der Waals surface area contributed by atoms with Gasteiger partial charge in [-0.3, -0.25) is 14.8 Å². The van der Waals surface area contributed by atoms with Crippen molar-refractivity contribution in [3.8, 4) is 5.75 Å². The van der Waals surface area contributed by atoms with E-state index in [1.165, 1.54) is 11.3 Å². The quantitative estimate of drug-likeness (QED) is 0.155. The van der Waals surface area contributed by atoms with E-state index in [0.29, 0.717) is 31.1 Å². The lowest BCUT2D eigenvalue weighted by molar-refractivity contribution is 0.0913. The number of pyridine rings is 1. The molecule has 13 heteroatoms. The highest BCUT2D eigenvalue weighted by molar-refractivity contribution is 7.10. The zero-order valence-corrected chi connectivity index (χ0v) is 29.1. The summed E-state index contributed by atoms with van der Waals surface area (Å²) in [6, 6.07) is 23.0. The van der Waals surface area contributed by atoms with E-state index < -0.39 is 0 Å². The van der Waals surface area contributed by atoms with Gasteiger partial charge in [0.2, 0.25) is 0 Å². The van der Waals surface area contributed by atoms with Crippen LogP contribution in [0, 0.1) is 0 Å². The molecule has 3 aromatic heterocycles. The number of thiazole rings is 2. The van der Waals surface area contributed by atoms with Gasteiger partial charge in [-0.1, -0.05) is 60.7 Å². The van der Waals surface area contributed by atoms with Crippen molar-refractivity contribution in [2.45, 2.75) is 64.2 Å². The highest BCUT2D eigenvalue weighted by Crippen LogP contribution is 2.35. The Morgan fingerprint density at radius 2 is 1.26 bits per heavy atom. The number of aliphatic hydroxyl groups excluding tert-OH is 1. The maximum Gasteiger partial charge on any atom is 0.410 e. The smallest absolute Gasteiger partial charge is 0.410 e. The molecule has 0 unspecified atom stereocenters. The van der Waals surface area contributed by atoms with Gasteiger partial charge in [0, 0.05) is 30.0 Å². The van der Waals surface area contributed by atoms with E-state index in [-0.39, 0.29) is 44.1 Å². The molecule has 260 valence electrons. The van der Waals surface area contributed by atoms with E-state index in [4.69, 9.17) is 19.3 Å². The fraction of sp³-hybridized carbons (Fsp3) is 0.324. The summed E-state index contributed by atoms with van der Waals surface area (Å²) in [6.07, 6.45) is 6.48. The van der Waals surface area contributed by atoms with E-state index in [1.54, 1.807) is 33.5 Å². The molecule has 5 heterocycles. The van der Waals surface area contributed by atoms with Crippen molar-refractivity contribution in [1.29, 1.82) is 0 Å². The molecular formula is C37H39N5O6S2. The molecule has 5 aromatic rings. The molecule has 0 bridgehead atoms. The maximum absolute atomic E-state index is 12.6. The second-order valence-corrected chi connectivity index (χ2v) is 13.6. The predicted octanol–water partition coefficient (Wildman–Crippen LogP) is 7.70. The van der Waals surface area contributed by atoms with Crippen molar-refractivity contribution in [1.82, 2.24) is 24.8 Å². The SMILES string of the molecule is O=C(OCc1ccccc1)N1CCC[C@H]1c1nc(CO)cs1.O=C(OCc1ccccc1)N1CCC[C@H]1c1nc(COc2cccnc2)cs1. The number of aliphatic hydroxyl groups is 1. The first-order valence-electron chi connectivity index (χ1n) is 16.5. The monoisotopic (exact) mass is 713 g/mol. The minimum atomic E-state index is -0.299. The normalized spacial score (nSPS) is 16.8. The molecule has 2 atom stereocenters. The molecule has 0 radical (unpaired) electrons. The molecule has 50 heavy (non-hydrogen) atoms. The lowest BCUT2D eigenvalue weighted by atomic mass is 10.2. The van der Waals surface area contributed by atoms with Gasteiger partial charge in [0.05, 0.1) is 36.3 Å². The Morgan fingerprint density at radius 1 is 0.720 bits per heavy atom. The molecule has 7 rings (SSSR count). The summed E-state index contributed by atoms with van der Waals surface area (Å²) < 4.78 is 16.6. The molecule has 0 saturated carbocycles. The molecule has 2 saturated heterocycles. The van der Waals surface area contributed by atoms with Crippen LogP contribution in [0.1, 0.15) is 70.3 Å². The van der Waals surface area contributed by atoms with Crippen LogP contribution in [0.15, 0.2) is 96.0 Å². The second-order valence-electron chi connectivity index (χ2n) is 11.8. The van der Waals surface area contributed by atoms with Gasteiger partial charge in [0.25, 0.3) is 0 Å². The molecule has 1 N–H and O–H groups in total. The van der Waals surface area contributed by atoms with Crippen LogP contribution in [0.3, 0.4) is 0 Å². The fourth-order valence-corrected chi connectivity index (χ4v) is 7.67. The molecule has 0 spiro atoms. The van der Waals surface area contributed by atoms with E-state index >= 15 is 0 Å². The summed E-state index contributed by atoms with van der Waals surface area (Å²) in [5.74, 6) is 0.712. The number of nitrogens with zero attached hydrogens (tertiary/aromatic N) is 5. The van der Waals surface area contributed by atoms with Crippen LogP contribution in [-0.2, 0) is 35.9 Å². The Kier molecular flexibility index (Phi) is 12.4. The van der Waals surface area contributed by atoms with Crippen LogP contribution in [0.5, 0.6) is 5.75 Å². The Bertz CT molecular complexity index is 1790. The minimum absolute atomic E-state index is 0.0274. The Morgan fingerprint density at radius 3 is 1.76 bits per heavy atom. The van der Waals surface area contributed by atoms with Gasteiger partial charge >= 0.3 is 12.2 Å². The third-order valence-electron chi connectivity index (χ3n) is 8.28. The van der Waals surface area contributed by atoms with Crippen LogP contribution in [0.25, 0.3) is 0 Å². The Balaban J connectivity index is 0.000000178. The molecule has 2 aliphatic rings. The van der Waals surface area contributed by atoms with Gasteiger partial charge in [0.1, 0.15) is 35.6 Å². The Labute approximate surface area is 299 Å². The summed E-state index contributed by atoms with van der Waals surface area (Å²) in [5, 5.41) is 14.7. The lowest BCUT2D eigenvalue weighted by Gasteiger charge is -2.22. The number of carbonyl (C=O) groups is 2. The number of amides is 2. The average molecular weight is 714 g/mol. The van der Waals surface area contributed by atoms with Crippen molar-refractivity contribution < 1.29 is 28.9 Å². The van der Waals surface area contributed by atoms with Crippen LogP contribution in [0.2, 0.25) is 0 Å². The van der Waals surface area contributed by atoms with Gasteiger partial charge in [-0.2, -0.15) is 0 Å². The number of hydrogen-bond acceptors (Lipinski definition) is 11. The summed E-state index contributed by atoms with van der Waals surface area (Å²) in [7, 11) is 0. The third kappa shape index (κ3) is 9.43. The molecule has 2 aromatic carbocycles. The summed E-state index contributed by atoms with van der Waals surface area (Å²) in [4.78, 5) is 41.5. The van der Waals surface area contributed by atoms with Crippen LogP contribution < -0.4 is 4.74 Å². The van der Waals surface area contributed by atoms with Crippen molar-refractivity contribution in [3.05, 3.63) is 128 Å². The predicted molar refractivity (Wildman–Crippen MR) is 189 cm³/mol. The second kappa shape index (κ2) is 17.7. The number of hydrogen-bond donors (Lipinski definition) is 1. The lowest BCUT2D eigenvalue weighted by Crippen LogP contribution is -2.31. The number of aromatic nitrogens is 3. The summed E-state index contributed by atoms with van der Waals surface area (Å²) >= 11 is 3.05. The highest BCUT2D eigenvalue weighted by Gasteiger charge is 2.34. The number of likely N-dealkylation sites (tertiary alicyclic amines) is 2. The topological polar surface area (TPSA) is 127 Å². The number of benzene rings is 2. The first-order valence-corrected chi connectivity index (χ1v) is 18.3. The van der Waals surface area contributed by atoms with Crippen molar-refractivity contribution in [2.75, 3.05) is 13.1 Å². The van der Waals surface area contributed by atoms with Crippen molar-refractivity contribution in [2.24, 2.45) is 0 Å². The van der Waals surface area contributed by atoms with E-state index in [0.717, 1.165) is 52.5 Å². The standard InChI is InChI=1S/C21H21N3O3S.C16H18N2O3S/c25-21(27-13-16-6-2-1-3-7-16)24-11-5-9-19(24)20-23-17(15-28-20)14-26-18-8-4-10-22-12-18;19-9-13-11-22-15(17-13)14-7-4-8-18(14)16(20)21-10-12-5-2-1-3-6-12/h1-4,6-8,10,12,15,19H,5,9,11,13-14H2;1-3,5-6,11,14,19H,4,7-10H2/t19-;14-/m00/s1. The first kappa shape index (κ1) is 35.0. The molecular weight excluding hydrogens is 675 g/mol. The van der Waals surface area contributed by atoms with Crippen LogP contribution in [0.4, 0.5) is 9.59 Å². The first-order chi connectivity index (χ1) is 24.6. The van der Waals surface area contributed by atoms with Crippen LogP contribution in [-0.4, -0.2) is 55.1 Å². The number of carbonyl (C=O) groups excluding carboxylic acids is 2. The third-order valence-corrected chi connectivity index (χ3v) is 10.3. The number of ether oxygens (including phenoxy) is 3. The average Bonchev–Trinajstić information content (AvgIpc) is 4.00. The largest absolute Gasteiger partial charge is 0.486 e. The van der Waals surface area contributed by atoms with E-state index in [2.05, 4.69) is 15.0 Å². The van der Waals surface area contributed by atoms with Gasteiger partial charge < -0.3 is 19.3 Å². The molecule has 2 aliphatic heterocycles. The van der Waals surface area contributed by atoms with Crippen molar-refractivity contribution >= 4 is 34.9 Å². The van der Waals surface area contributed by atoms with Gasteiger partial charge in [-0.15, -0.1) is 22.7 Å². The fourth-order valence-electron chi connectivity index (χ4n) is 5.77. The number of rotatable bonds is 10. The van der Waals surface area contributed by atoms with Gasteiger partial charge in [-0.05, 0) is 48.9 Å². The molecule has 2 amide bonds. The summed E-state index contributed by atoms with van der Waals surface area (Å²) in [6.45, 7) is 2.26. The van der Waals surface area contributed by atoms with E-state index in [9.17, 15) is 9.59 Å². The Hall–Kier alpha value is -4.85. The van der Waals surface area contributed by atoms with E-state index in [1.807, 2.05) is 83.6 Å². The molecule has 0 aliphatic carbocycles. The van der Waals surface area contributed by atoms with Crippen molar-refractivity contribution in [3.63, 3.8) is 0 Å². The molecule has 11 nitrogen and oxygen atoms in total. The zero-order chi connectivity index (χ0) is 34.5. The van der Waals surface area contributed by atoms with Gasteiger partial charge in [0.15, 0.2) is 0 Å². The maximum atomic E-state index is 12.6.